The van der Waals surface area contributed by atoms with Crippen LogP contribution < -0.4 is 5.32 Å². The van der Waals surface area contributed by atoms with Crippen molar-refractivity contribution in [2.75, 3.05) is 0 Å². The lowest BCUT2D eigenvalue weighted by atomic mass is 10.00. The number of rotatable bonds is 4. The van der Waals surface area contributed by atoms with Gasteiger partial charge in [0.1, 0.15) is 16.2 Å². The zero-order valence-electron chi connectivity index (χ0n) is 15.1. The van der Waals surface area contributed by atoms with Crippen LogP contribution >= 0.6 is 15.9 Å². The van der Waals surface area contributed by atoms with Gasteiger partial charge in [0.05, 0.1) is 22.9 Å². The monoisotopic (exact) mass is 491 g/mol. The molecule has 0 aliphatic carbocycles. The van der Waals surface area contributed by atoms with Gasteiger partial charge in [-0.05, 0) is 64.8 Å². The Hall–Kier alpha value is -2.87. The van der Waals surface area contributed by atoms with Crippen molar-refractivity contribution < 1.29 is 31.1 Å². The fraction of sp³-hybridized carbons (Fsp3) is 0.211. The number of pyridine rings is 1. The Kier molecular flexibility index (Phi) is 6.92. The van der Waals surface area contributed by atoms with E-state index in [1.807, 2.05) is 0 Å². The van der Waals surface area contributed by atoms with Crippen LogP contribution in [0.25, 0.3) is 6.08 Å². The summed E-state index contributed by atoms with van der Waals surface area (Å²) in [6, 6.07) is 6.13. The van der Waals surface area contributed by atoms with Crippen LogP contribution in [0.15, 0.2) is 46.6 Å². The number of hydrogen-bond donors (Lipinski definition) is 1. The predicted octanol–water partition coefficient (Wildman–Crippen LogP) is 5.67. The topological polar surface area (TPSA) is 65.8 Å². The van der Waals surface area contributed by atoms with Gasteiger partial charge in [-0.2, -0.15) is 31.6 Å². The molecule has 1 aromatic heterocycles. The molecule has 0 fully saturated rings. The van der Waals surface area contributed by atoms with Gasteiger partial charge in [-0.15, -0.1) is 0 Å². The quantitative estimate of drug-likeness (QED) is 0.259. The number of nitrogens with one attached hydrogen (secondary N) is 1. The van der Waals surface area contributed by atoms with Gasteiger partial charge in [0.25, 0.3) is 5.91 Å². The third-order valence-electron chi connectivity index (χ3n) is 3.85. The minimum absolute atomic E-state index is 0.00240. The number of amides is 1. The molecule has 0 spiro atoms. The van der Waals surface area contributed by atoms with Crippen LogP contribution in [0.1, 0.15) is 35.3 Å². The normalized spacial score (nSPS) is 13.5. The maximum absolute atomic E-state index is 13.0. The maximum Gasteiger partial charge on any atom is 0.416 e. The average Bonchev–Trinajstić information content (AvgIpc) is 2.64. The number of benzene rings is 1. The van der Waals surface area contributed by atoms with Gasteiger partial charge in [0.15, 0.2) is 0 Å². The molecule has 11 heteroatoms. The number of hydrogen-bond acceptors (Lipinski definition) is 3. The van der Waals surface area contributed by atoms with Crippen molar-refractivity contribution in [3.05, 3.63) is 69.0 Å². The van der Waals surface area contributed by atoms with Crippen molar-refractivity contribution in [3.63, 3.8) is 0 Å². The summed E-state index contributed by atoms with van der Waals surface area (Å²) >= 11 is 3.12. The van der Waals surface area contributed by atoms with E-state index in [-0.39, 0.29) is 11.8 Å². The van der Waals surface area contributed by atoms with Crippen LogP contribution in [0.4, 0.5) is 26.3 Å². The lowest BCUT2D eigenvalue weighted by molar-refractivity contribution is -0.143. The van der Waals surface area contributed by atoms with E-state index >= 15 is 0 Å². The number of nitrogens with zero attached hydrogens (tertiary/aromatic N) is 2. The molecule has 1 aromatic carbocycles. The van der Waals surface area contributed by atoms with Gasteiger partial charge in [0.2, 0.25) is 0 Å². The standard InChI is InChI=1S/C19H12BrF6N3O/c1-10(11-5-13(18(21,22)23)8-14(6-11)19(24,25)26)28-17(30)12(9-27)7-15-3-2-4-16(20)29-15/h2-8,10H,1H3,(H,28,30)/b12-7+/t10-/m0/s1. The molecule has 0 bridgehead atoms. The van der Waals surface area contributed by atoms with E-state index in [4.69, 9.17) is 0 Å². The predicted molar refractivity (Wildman–Crippen MR) is 98.5 cm³/mol. The molecular formula is C19H12BrF6N3O. The summed E-state index contributed by atoms with van der Waals surface area (Å²) < 4.78 is 78.4. The minimum Gasteiger partial charge on any atom is -0.345 e. The zero-order valence-corrected chi connectivity index (χ0v) is 16.7. The maximum atomic E-state index is 13.0. The van der Waals surface area contributed by atoms with Gasteiger partial charge in [-0.25, -0.2) is 4.98 Å². The molecule has 158 valence electrons. The molecule has 0 radical (unpaired) electrons. The first-order valence-corrected chi connectivity index (χ1v) is 8.95. The van der Waals surface area contributed by atoms with E-state index in [0.29, 0.717) is 16.7 Å². The molecule has 1 amide bonds. The van der Waals surface area contributed by atoms with Crippen LogP contribution in [0.2, 0.25) is 0 Å². The van der Waals surface area contributed by atoms with Crippen molar-refractivity contribution in [2.24, 2.45) is 0 Å². The molecule has 2 aromatic rings. The highest BCUT2D eigenvalue weighted by atomic mass is 79.9. The molecule has 1 N–H and O–H groups in total. The summed E-state index contributed by atoms with van der Waals surface area (Å²) in [7, 11) is 0. The van der Waals surface area contributed by atoms with E-state index in [0.717, 1.165) is 6.08 Å². The van der Waals surface area contributed by atoms with Crippen molar-refractivity contribution in [1.82, 2.24) is 10.3 Å². The van der Waals surface area contributed by atoms with Gasteiger partial charge in [0, 0.05) is 0 Å². The fourth-order valence-corrected chi connectivity index (χ4v) is 2.74. The minimum atomic E-state index is -5.01. The highest BCUT2D eigenvalue weighted by Gasteiger charge is 2.37. The van der Waals surface area contributed by atoms with Crippen LogP contribution in [0.5, 0.6) is 0 Å². The highest BCUT2D eigenvalue weighted by Crippen LogP contribution is 2.37. The molecule has 0 saturated heterocycles. The van der Waals surface area contributed by atoms with E-state index in [1.165, 1.54) is 13.0 Å². The lowest BCUT2D eigenvalue weighted by Gasteiger charge is -2.19. The summed E-state index contributed by atoms with van der Waals surface area (Å²) in [6.07, 6.45) is -8.88. The third kappa shape index (κ3) is 6.06. The van der Waals surface area contributed by atoms with E-state index < -0.39 is 46.6 Å². The lowest BCUT2D eigenvalue weighted by Crippen LogP contribution is -2.28. The molecule has 30 heavy (non-hydrogen) atoms. The van der Waals surface area contributed by atoms with Crippen LogP contribution in [-0.4, -0.2) is 10.9 Å². The third-order valence-corrected chi connectivity index (χ3v) is 4.29. The highest BCUT2D eigenvalue weighted by molar-refractivity contribution is 9.10. The smallest absolute Gasteiger partial charge is 0.345 e. The van der Waals surface area contributed by atoms with E-state index in [2.05, 4.69) is 26.2 Å². The Labute approximate surface area is 175 Å². The number of halogens is 7. The van der Waals surface area contributed by atoms with E-state index in [1.54, 1.807) is 18.2 Å². The number of carbonyl (C=O) groups is 1. The second-order valence-electron chi connectivity index (χ2n) is 6.09. The molecule has 0 unspecified atom stereocenters. The fourth-order valence-electron chi connectivity index (χ4n) is 2.39. The van der Waals surface area contributed by atoms with Gasteiger partial charge >= 0.3 is 12.4 Å². The Balaban J connectivity index is 2.35. The summed E-state index contributed by atoms with van der Waals surface area (Å²) in [5.74, 6) is -0.974. The number of carbonyl (C=O) groups excluding carboxylic acids is 1. The van der Waals surface area contributed by atoms with Crippen LogP contribution in [-0.2, 0) is 17.1 Å². The Morgan fingerprint density at radius 1 is 1.13 bits per heavy atom. The first kappa shape index (κ1) is 23.4. The summed E-state index contributed by atoms with van der Waals surface area (Å²) in [6.45, 7) is 1.21. The van der Waals surface area contributed by atoms with E-state index in [9.17, 15) is 36.4 Å². The number of alkyl halides is 6. The van der Waals surface area contributed by atoms with Gasteiger partial charge in [-0.3, -0.25) is 4.79 Å². The zero-order chi connectivity index (χ0) is 22.7. The van der Waals surface area contributed by atoms with Crippen LogP contribution in [0, 0.1) is 11.3 Å². The van der Waals surface area contributed by atoms with Crippen LogP contribution in [0.3, 0.4) is 0 Å². The first-order valence-electron chi connectivity index (χ1n) is 8.16. The average molecular weight is 492 g/mol. The molecule has 0 saturated carbocycles. The first-order chi connectivity index (χ1) is 13.8. The summed E-state index contributed by atoms with van der Waals surface area (Å²) in [4.78, 5) is 16.3. The summed E-state index contributed by atoms with van der Waals surface area (Å²) in [5, 5.41) is 11.4. The number of aromatic nitrogens is 1. The molecule has 4 nitrogen and oxygen atoms in total. The molecule has 1 heterocycles. The Morgan fingerprint density at radius 3 is 2.17 bits per heavy atom. The van der Waals surface area contributed by atoms with Gasteiger partial charge < -0.3 is 5.32 Å². The molecule has 2 rings (SSSR count). The SMILES string of the molecule is C[C@H](NC(=O)/C(C#N)=C/c1cccc(Br)n1)c1cc(C(F)(F)F)cc(C(F)(F)F)c1. The van der Waals surface area contributed by atoms with Crippen molar-refractivity contribution in [3.8, 4) is 6.07 Å². The van der Waals surface area contributed by atoms with Crippen molar-refractivity contribution in [2.45, 2.75) is 25.3 Å². The largest absolute Gasteiger partial charge is 0.416 e. The van der Waals surface area contributed by atoms with Crippen molar-refractivity contribution in [1.29, 1.82) is 5.26 Å². The second-order valence-corrected chi connectivity index (χ2v) is 6.90. The van der Waals surface area contributed by atoms with Crippen molar-refractivity contribution >= 4 is 27.9 Å². The molecule has 0 aliphatic rings. The number of nitriles is 1. The Morgan fingerprint density at radius 2 is 1.70 bits per heavy atom. The molecule has 0 aliphatic heterocycles. The molecule has 1 atom stereocenters. The molecular weight excluding hydrogens is 480 g/mol. The van der Waals surface area contributed by atoms with Gasteiger partial charge in [-0.1, -0.05) is 6.07 Å². The Bertz CT molecular complexity index is 992. The second kappa shape index (κ2) is 8.87. The summed E-state index contributed by atoms with van der Waals surface area (Å²) in [5.41, 5.74) is -3.58.